The molecule has 2 fully saturated rings. The second kappa shape index (κ2) is 5.31. The Labute approximate surface area is 94.4 Å². The van der Waals surface area contributed by atoms with Crippen LogP contribution in [0.3, 0.4) is 0 Å². The molecule has 2 bridgehead atoms. The number of piperidine rings is 2. The summed E-state index contributed by atoms with van der Waals surface area (Å²) in [5, 5.41) is 3.65. The number of rotatable bonds is 4. The molecule has 0 aromatic carbocycles. The summed E-state index contributed by atoms with van der Waals surface area (Å²) in [6.45, 7) is 9.93. The summed E-state index contributed by atoms with van der Waals surface area (Å²) in [5.74, 6) is 1.85. The van der Waals surface area contributed by atoms with Gasteiger partial charge in [0.25, 0.3) is 0 Å². The van der Waals surface area contributed by atoms with Crippen molar-refractivity contribution < 1.29 is 0 Å². The van der Waals surface area contributed by atoms with Crippen molar-refractivity contribution in [3.05, 3.63) is 0 Å². The topological polar surface area (TPSA) is 15.3 Å². The first kappa shape index (κ1) is 11.4. The number of nitrogens with zero attached hydrogens (tertiary/aromatic N) is 1. The second-order valence-corrected chi connectivity index (χ2v) is 5.53. The number of hydrogen-bond donors (Lipinski definition) is 1. The van der Waals surface area contributed by atoms with Crippen LogP contribution in [0.5, 0.6) is 0 Å². The Hall–Kier alpha value is -0.0800. The van der Waals surface area contributed by atoms with E-state index in [4.69, 9.17) is 0 Å². The van der Waals surface area contributed by atoms with Crippen LogP contribution < -0.4 is 5.32 Å². The maximum absolute atomic E-state index is 3.65. The Morgan fingerprint density at radius 1 is 1.27 bits per heavy atom. The molecule has 0 aliphatic carbocycles. The monoisotopic (exact) mass is 210 g/mol. The zero-order valence-corrected chi connectivity index (χ0v) is 10.3. The molecule has 2 aliphatic heterocycles. The third-order valence-corrected chi connectivity index (χ3v) is 4.16. The van der Waals surface area contributed by atoms with Gasteiger partial charge in [0.15, 0.2) is 0 Å². The third kappa shape index (κ3) is 2.94. The summed E-state index contributed by atoms with van der Waals surface area (Å²) >= 11 is 0. The lowest BCUT2D eigenvalue weighted by Crippen LogP contribution is -2.55. The molecule has 0 radical (unpaired) electrons. The number of fused-ring (bicyclic) bond motifs is 2. The van der Waals surface area contributed by atoms with E-state index in [1.165, 1.54) is 51.9 Å². The van der Waals surface area contributed by atoms with E-state index >= 15 is 0 Å². The summed E-state index contributed by atoms with van der Waals surface area (Å²) in [6.07, 6.45) is 5.62. The van der Waals surface area contributed by atoms with Crippen LogP contribution in [0.25, 0.3) is 0 Å². The first-order chi connectivity index (χ1) is 7.29. The number of likely N-dealkylation sites (tertiary alicyclic amines) is 1. The van der Waals surface area contributed by atoms with Crippen LogP contribution in [-0.2, 0) is 0 Å². The van der Waals surface area contributed by atoms with Gasteiger partial charge in [0.2, 0.25) is 0 Å². The van der Waals surface area contributed by atoms with Crippen LogP contribution in [0.15, 0.2) is 0 Å². The second-order valence-electron chi connectivity index (χ2n) is 5.53. The molecule has 0 saturated carbocycles. The van der Waals surface area contributed by atoms with E-state index in [2.05, 4.69) is 24.1 Å². The number of nitrogens with one attached hydrogen (secondary N) is 1. The van der Waals surface area contributed by atoms with Crippen LogP contribution >= 0.6 is 0 Å². The molecular formula is C13H26N2. The molecule has 2 rings (SSSR count). The van der Waals surface area contributed by atoms with Gasteiger partial charge in [-0.1, -0.05) is 19.8 Å². The van der Waals surface area contributed by atoms with Crippen molar-refractivity contribution in [1.29, 1.82) is 0 Å². The zero-order chi connectivity index (χ0) is 10.7. The predicted molar refractivity (Wildman–Crippen MR) is 65.0 cm³/mol. The molecular weight excluding hydrogens is 184 g/mol. The van der Waals surface area contributed by atoms with Crippen LogP contribution in [0.4, 0.5) is 0 Å². The first-order valence-corrected chi connectivity index (χ1v) is 6.75. The highest BCUT2D eigenvalue weighted by molar-refractivity contribution is 4.90. The average molecular weight is 210 g/mol. The normalized spacial score (nSPS) is 36.8. The van der Waals surface area contributed by atoms with E-state index < -0.39 is 0 Å². The lowest BCUT2D eigenvalue weighted by Gasteiger charge is -2.45. The molecule has 0 spiro atoms. The minimum absolute atomic E-state index is 0.746. The number of unbranched alkanes of at least 4 members (excludes halogenated alkanes) is 2. The minimum atomic E-state index is 0.746. The Bertz CT molecular complexity index is 193. The molecule has 2 heterocycles. The van der Waals surface area contributed by atoms with Crippen molar-refractivity contribution in [2.75, 3.05) is 26.2 Å². The van der Waals surface area contributed by atoms with Gasteiger partial charge < -0.3 is 10.2 Å². The van der Waals surface area contributed by atoms with Crippen molar-refractivity contribution in [3.63, 3.8) is 0 Å². The Morgan fingerprint density at radius 2 is 2.13 bits per heavy atom. The quantitative estimate of drug-likeness (QED) is 0.715. The first-order valence-electron chi connectivity index (χ1n) is 6.75. The standard InChI is InChI=1S/C13H26N2/c1-3-4-5-6-15-9-12-7-13(10-15)11(2)14-8-12/h11-14H,3-10H2,1-2H3/t11-,12+,13-/m0/s1. The van der Waals surface area contributed by atoms with Gasteiger partial charge in [-0.15, -0.1) is 0 Å². The van der Waals surface area contributed by atoms with Crippen molar-refractivity contribution >= 4 is 0 Å². The van der Waals surface area contributed by atoms with Crippen molar-refractivity contribution in [1.82, 2.24) is 10.2 Å². The van der Waals surface area contributed by atoms with Crippen LogP contribution in [-0.4, -0.2) is 37.1 Å². The fraction of sp³-hybridized carbons (Fsp3) is 1.00. The fourth-order valence-corrected chi connectivity index (χ4v) is 3.15. The highest BCUT2D eigenvalue weighted by Crippen LogP contribution is 2.28. The van der Waals surface area contributed by atoms with Crippen LogP contribution in [0.2, 0.25) is 0 Å². The maximum Gasteiger partial charge on any atom is 0.00794 e. The lowest BCUT2D eigenvalue weighted by molar-refractivity contribution is 0.0720. The maximum atomic E-state index is 3.65. The smallest absolute Gasteiger partial charge is 0.00794 e. The molecule has 15 heavy (non-hydrogen) atoms. The highest BCUT2D eigenvalue weighted by Gasteiger charge is 2.33. The van der Waals surface area contributed by atoms with Gasteiger partial charge in [-0.2, -0.15) is 0 Å². The van der Waals surface area contributed by atoms with E-state index in [0.29, 0.717) is 0 Å². The summed E-state index contributed by atoms with van der Waals surface area (Å²) < 4.78 is 0. The summed E-state index contributed by atoms with van der Waals surface area (Å²) in [5.41, 5.74) is 0. The molecule has 2 heteroatoms. The van der Waals surface area contributed by atoms with Crippen molar-refractivity contribution in [2.45, 2.75) is 45.6 Å². The highest BCUT2D eigenvalue weighted by atomic mass is 15.2. The van der Waals surface area contributed by atoms with Gasteiger partial charge in [-0.3, -0.25) is 0 Å². The number of hydrogen-bond acceptors (Lipinski definition) is 2. The van der Waals surface area contributed by atoms with Crippen molar-refractivity contribution in [2.24, 2.45) is 11.8 Å². The van der Waals surface area contributed by atoms with Gasteiger partial charge in [0.05, 0.1) is 0 Å². The lowest BCUT2D eigenvalue weighted by atomic mass is 9.81. The van der Waals surface area contributed by atoms with E-state index in [-0.39, 0.29) is 0 Å². The van der Waals surface area contributed by atoms with E-state index in [0.717, 1.165) is 17.9 Å². The summed E-state index contributed by atoms with van der Waals surface area (Å²) in [4.78, 5) is 2.71. The fourth-order valence-electron chi connectivity index (χ4n) is 3.15. The summed E-state index contributed by atoms with van der Waals surface area (Å²) in [7, 11) is 0. The van der Waals surface area contributed by atoms with Gasteiger partial charge in [0, 0.05) is 19.1 Å². The molecule has 88 valence electrons. The Morgan fingerprint density at radius 3 is 2.93 bits per heavy atom. The zero-order valence-electron chi connectivity index (χ0n) is 10.3. The van der Waals surface area contributed by atoms with Crippen LogP contribution in [0.1, 0.15) is 39.5 Å². The Kier molecular flexibility index (Phi) is 4.04. The van der Waals surface area contributed by atoms with Crippen molar-refractivity contribution in [3.8, 4) is 0 Å². The molecule has 1 N–H and O–H groups in total. The largest absolute Gasteiger partial charge is 0.314 e. The van der Waals surface area contributed by atoms with Gasteiger partial charge in [0.1, 0.15) is 0 Å². The molecule has 0 amide bonds. The average Bonchev–Trinajstić information content (AvgIpc) is 2.24. The van der Waals surface area contributed by atoms with E-state index in [1.807, 2.05) is 0 Å². The molecule has 0 unspecified atom stereocenters. The SMILES string of the molecule is CCCCCN1C[C@H]2CN[C@@H](C)[C@@H](C2)C1. The summed E-state index contributed by atoms with van der Waals surface area (Å²) in [6, 6.07) is 0.746. The molecule has 2 saturated heterocycles. The molecule has 0 aromatic rings. The van der Waals surface area contributed by atoms with E-state index in [1.54, 1.807) is 0 Å². The predicted octanol–water partition coefficient (Wildman–Crippen LogP) is 2.11. The van der Waals surface area contributed by atoms with E-state index in [9.17, 15) is 0 Å². The third-order valence-electron chi connectivity index (χ3n) is 4.16. The molecule has 2 aliphatic rings. The van der Waals surface area contributed by atoms with Gasteiger partial charge in [-0.05, 0) is 44.7 Å². The Balaban J connectivity index is 1.78. The van der Waals surface area contributed by atoms with Crippen LogP contribution in [0, 0.1) is 11.8 Å². The van der Waals surface area contributed by atoms with Gasteiger partial charge >= 0.3 is 0 Å². The minimum Gasteiger partial charge on any atom is -0.314 e. The molecule has 0 aromatic heterocycles. The molecule has 3 atom stereocenters. The van der Waals surface area contributed by atoms with Gasteiger partial charge in [-0.25, -0.2) is 0 Å². The molecule has 2 nitrogen and oxygen atoms in total.